The molecule has 0 spiro atoms. The van der Waals surface area contributed by atoms with Crippen molar-refractivity contribution in [3.05, 3.63) is 23.4 Å². The van der Waals surface area contributed by atoms with Gasteiger partial charge in [0.25, 0.3) is 0 Å². The Morgan fingerprint density at radius 3 is 2.87 bits per heavy atom. The molecule has 2 rings (SSSR count). The van der Waals surface area contributed by atoms with Crippen LogP contribution in [0.2, 0.25) is 0 Å². The van der Waals surface area contributed by atoms with Gasteiger partial charge in [-0.25, -0.2) is 4.98 Å². The highest BCUT2D eigenvalue weighted by Crippen LogP contribution is 2.29. The standard InChI is InChI=1S/C12H16ClNO/c1-2-11-5-10(7-13)6-12(14-11)15-8-9-3-4-9/h5-6,9H,2-4,7-8H2,1H3. The lowest BCUT2D eigenvalue weighted by Gasteiger charge is -2.07. The van der Waals surface area contributed by atoms with Gasteiger partial charge in [0.1, 0.15) is 0 Å². The maximum atomic E-state index is 5.82. The van der Waals surface area contributed by atoms with E-state index in [1.54, 1.807) is 0 Å². The van der Waals surface area contributed by atoms with Gasteiger partial charge < -0.3 is 4.74 Å². The number of rotatable bonds is 5. The molecule has 1 aromatic rings. The molecule has 1 saturated carbocycles. The molecule has 1 heterocycles. The highest BCUT2D eigenvalue weighted by atomic mass is 35.5. The summed E-state index contributed by atoms with van der Waals surface area (Å²) in [6.07, 6.45) is 3.52. The van der Waals surface area contributed by atoms with Gasteiger partial charge in [-0.1, -0.05) is 6.92 Å². The minimum absolute atomic E-state index is 0.523. The lowest BCUT2D eigenvalue weighted by atomic mass is 10.2. The van der Waals surface area contributed by atoms with E-state index in [0.29, 0.717) is 5.88 Å². The van der Waals surface area contributed by atoms with E-state index in [4.69, 9.17) is 16.3 Å². The Morgan fingerprint density at radius 1 is 1.47 bits per heavy atom. The van der Waals surface area contributed by atoms with E-state index in [9.17, 15) is 0 Å². The molecule has 1 aliphatic carbocycles. The van der Waals surface area contributed by atoms with E-state index >= 15 is 0 Å². The fourth-order valence-electron chi connectivity index (χ4n) is 1.44. The SMILES string of the molecule is CCc1cc(CCl)cc(OCC2CC2)n1. The molecule has 0 amide bonds. The third kappa shape index (κ3) is 3.10. The molecule has 1 fully saturated rings. The Labute approximate surface area is 95.6 Å². The van der Waals surface area contributed by atoms with Crippen LogP contribution in [0, 0.1) is 5.92 Å². The van der Waals surface area contributed by atoms with Crippen LogP contribution in [0.1, 0.15) is 31.0 Å². The zero-order chi connectivity index (χ0) is 10.7. The van der Waals surface area contributed by atoms with Crippen molar-refractivity contribution in [3.63, 3.8) is 0 Å². The molecule has 3 heteroatoms. The van der Waals surface area contributed by atoms with Gasteiger partial charge in [-0.2, -0.15) is 0 Å². The van der Waals surface area contributed by atoms with E-state index in [-0.39, 0.29) is 0 Å². The summed E-state index contributed by atoms with van der Waals surface area (Å²) in [5, 5.41) is 0. The average Bonchev–Trinajstić information content (AvgIpc) is 3.09. The van der Waals surface area contributed by atoms with Gasteiger partial charge in [-0.05, 0) is 36.8 Å². The van der Waals surface area contributed by atoms with Crippen LogP contribution in [0.25, 0.3) is 0 Å². The lowest BCUT2D eigenvalue weighted by Crippen LogP contribution is -2.02. The Kier molecular flexibility index (Phi) is 3.47. The number of nitrogens with zero attached hydrogens (tertiary/aromatic N) is 1. The van der Waals surface area contributed by atoms with Gasteiger partial charge in [0.05, 0.1) is 6.61 Å². The third-order valence-electron chi connectivity index (χ3n) is 2.60. The Balaban J connectivity index is 2.06. The van der Waals surface area contributed by atoms with Crippen molar-refractivity contribution in [1.82, 2.24) is 4.98 Å². The normalized spacial score (nSPS) is 15.3. The molecule has 0 atom stereocenters. The second kappa shape index (κ2) is 4.84. The number of hydrogen-bond donors (Lipinski definition) is 0. The molecule has 82 valence electrons. The van der Waals surface area contributed by atoms with E-state index in [1.165, 1.54) is 12.8 Å². The molecule has 0 bridgehead atoms. The van der Waals surface area contributed by atoms with Crippen LogP contribution in [0.5, 0.6) is 5.88 Å². The molecule has 0 aliphatic heterocycles. The first-order chi connectivity index (χ1) is 7.31. The van der Waals surface area contributed by atoms with Crippen molar-refractivity contribution in [3.8, 4) is 5.88 Å². The molecular weight excluding hydrogens is 210 g/mol. The van der Waals surface area contributed by atoms with Gasteiger partial charge in [-0.3, -0.25) is 0 Å². The highest BCUT2D eigenvalue weighted by molar-refractivity contribution is 6.17. The van der Waals surface area contributed by atoms with Crippen molar-refractivity contribution in [1.29, 1.82) is 0 Å². The Hall–Kier alpha value is -0.760. The van der Waals surface area contributed by atoms with Crippen LogP contribution in [0.15, 0.2) is 12.1 Å². The van der Waals surface area contributed by atoms with Gasteiger partial charge in [0.2, 0.25) is 5.88 Å². The summed E-state index contributed by atoms with van der Waals surface area (Å²) < 4.78 is 5.65. The second-order valence-corrected chi connectivity index (χ2v) is 4.31. The number of aryl methyl sites for hydroxylation is 1. The molecule has 2 nitrogen and oxygen atoms in total. The molecule has 0 saturated heterocycles. The topological polar surface area (TPSA) is 22.1 Å². The maximum Gasteiger partial charge on any atom is 0.213 e. The number of alkyl halides is 1. The van der Waals surface area contributed by atoms with Crippen molar-refractivity contribution in [2.24, 2.45) is 5.92 Å². The number of ether oxygens (including phenoxy) is 1. The molecule has 0 aromatic carbocycles. The zero-order valence-corrected chi connectivity index (χ0v) is 9.76. The average molecular weight is 226 g/mol. The first kappa shape index (κ1) is 10.7. The smallest absolute Gasteiger partial charge is 0.213 e. The summed E-state index contributed by atoms with van der Waals surface area (Å²) in [7, 11) is 0. The van der Waals surface area contributed by atoms with Crippen LogP contribution < -0.4 is 4.74 Å². The third-order valence-corrected chi connectivity index (χ3v) is 2.90. The predicted octanol–water partition coefficient (Wildman–Crippen LogP) is 3.17. The van der Waals surface area contributed by atoms with Gasteiger partial charge in [0, 0.05) is 17.6 Å². The van der Waals surface area contributed by atoms with Crippen LogP contribution in [0.4, 0.5) is 0 Å². The fourth-order valence-corrected chi connectivity index (χ4v) is 1.59. The van der Waals surface area contributed by atoms with Crippen LogP contribution in [0.3, 0.4) is 0 Å². The quantitative estimate of drug-likeness (QED) is 0.719. The summed E-state index contributed by atoms with van der Waals surface area (Å²) in [4.78, 5) is 4.42. The Morgan fingerprint density at radius 2 is 2.27 bits per heavy atom. The number of halogens is 1. The monoisotopic (exact) mass is 225 g/mol. The number of pyridine rings is 1. The molecule has 0 N–H and O–H groups in total. The van der Waals surface area contributed by atoms with E-state index < -0.39 is 0 Å². The summed E-state index contributed by atoms with van der Waals surface area (Å²) in [6, 6.07) is 3.98. The summed E-state index contributed by atoms with van der Waals surface area (Å²) in [5.41, 5.74) is 2.15. The van der Waals surface area contributed by atoms with Gasteiger partial charge in [-0.15, -0.1) is 11.6 Å². The molecular formula is C12H16ClNO. The fraction of sp³-hybridized carbons (Fsp3) is 0.583. The summed E-state index contributed by atoms with van der Waals surface area (Å²) in [5.74, 6) is 2.02. The predicted molar refractivity (Wildman–Crippen MR) is 61.4 cm³/mol. The van der Waals surface area contributed by atoms with E-state index in [2.05, 4.69) is 11.9 Å². The second-order valence-electron chi connectivity index (χ2n) is 4.05. The van der Waals surface area contributed by atoms with Gasteiger partial charge in [0.15, 0.2) is 0 Å². The first-order valence-corrected chi connectivity index (χ1v) is 6.04. The van der Waals surface area contributed by atoms with Crippen LogP contribution >= 0.6 is 11.6 Å². The van der Waals surface area contributed by atoms with Crippen molar-refractivity contribution >= 4 is 11.6 Å². The van der Waals surface area contributed by atoms with Crippen molar-refractivity contribution < 1.29 is 4.74 Å². The van der Waals surface area contributed by atoms with E-state index in [1.807, 2.05) is 12.1 Å². The largest absolute Gasteiger partial charge is 0.477 e. The minimum Gasteiger partial charge on any atom is -0.477 e. The van der Waals surface area contributed by atoms with Crippen LogP contribution in [-0.4, -0.2) is 11.6 Å². The van der Waals surface area contributed by atoms with Gasteiger partial charge >= 0.3 is 0 Å². The lowest BCUT2D eigenvalue weighted by molar-refractivity contribution is 0.287. The van der Waals surface area contributed by atoms with E-state index in [0.717, 1.165) is 36.1 Å². The maximum absolute atomic E-state index is 5.82. The molecule has 1 aromatic heterocycles. The van der Waals surface area contributed by atoms with Crippen LogP contribution in [-0.2, 0) is 12.3 Å². The summed E-state index contributed by atoms with van der Waals surface area (Å²) >= 11 is 5.82. The molecule has 1 aliphatic rings. The molecule has 0 radical (unpaired) electrons. The summed E-state index contributed by atoms with van der Waals surface area (Å²) in [6.45, 7) is 2.90. The molecule has 15 heavy (non-hydrogen) atoms. The first-order valence-electron chi connectivity index (χ1n) is 5.50. The number of aromatic nitrogens is 1. The highest BCUT2D eigenvalue weighted by Gasteiger charge is 2.22. The zero-order valence-electron chi connectivity index (χ0n) is 9.00. The Bertz CT molecular complexity index is 314. The molecule has 0 unspecified atom stereocenters. The van der Waals surface area contributed by atoms with Crippen molar-refractivity contribution in [2.45, 2.75) is 32.1 Å². The van der Waals surface area contributed by atoms with Crippen molar-refractivity contribution in [2.75, 3.05) is 6.61 Å². The minimum atomic E-state index is 0.523. The number of hydrogen-bond acceptors (Lipinski definition) is 2.